The Labute approximate surface area is 129 Å². The summed E-state index contributed by atoms with van der Waals surface area (Å²) in [6, 6.07) is 12.1. The van der Waals surface area contributed by atoms with Crippen LogP contribution in [0.3, 0.4) is 0 Å². The summed E-state index contributed by atoms with van der Waals surface area (Å²) in [6.45, 7) is 0. The number of halogens is 2. The molecule has 0 N–H and O–H groups in total. The van der Waals surface area contributed by atoms with Crippen LogP contribution in [0, 0.1) is 0 Å². The number of aromatic nitrogens is 2. The molecule has 3 rings (SSSR count). The Bertz CT molecular complexity index is 572. The van der Waals surface area contributed by atoms with Gasteiger partial charge in [0.1, 0.15) is 16.1 Å². The van der Waals surface area contributed by atoms with Gasteiger partial charge in [0.2, 0.25) is 0 Å². The van der Waals surface area contributed by atoms with Gasteiger partial charge >= 0.3 is 0 Å². The van der Waals surface area contributed by atoms with Crippen LogP contribution in [0.15, 0.2) is 36.4 Å². The summed E-state index contributed by atoms with van der Waals surface area (Å²) in [7, 11) is 0. The summed E-state index contributed by atoms with van der Waals surface area (Å²) in [5.41, 5.74) is 1.12. The van der Waals surface area contributed by atoms with Gasteiger partial charge in [-0.2, -0.15) is 0 Å². The topological polar surface area (TPSA) is 25.8 Å². The first-order valence-corrected chi connectivity index (χ1v) is 7.72. The third-order valence-corrected chi connectivity index (χ3v) is 4.51. The average molecular weight is 307 g/mol. The lowest BCUT2D eigenvalue weighted by Gasteiger charge is -2.36. The van der Waals surface area contributed by atoms with Crippen LogP contribution >= 0.6 is 23.2 Å². The van der Waals surface area contributed by atoms with Gasteiger partial charge < -0.3 is 0 Å². The van der Waals surface area contributed by atoms with E-state index in [1.807, 2.05) is 6.07 Å². The zero-order valence-corrected chi connectivity index (χ0v) is 12.7. The Morgan fingerprint density at radius 2 is 1.45 bits per heavy atom. The van der Waals surface area contributed by atoms with E-state index in [1.54, 1.807) is 6.07 Å². The lowest BCUT2D eigenvalue weighted by molar-refractivity contribution is 0.330. The summed E-state index contributed by atoms with van der Waals surface area (Å²) in [5, 5.41) is 0.835. The molecule has 0 atom stereocenters. The maximum absolute atomic E-state index is 6.08. The average Bonchev–Trinajstić information content (AvgIpc) is 2.48. The van der Waals surface area contributed by atoms with E-state index in [0.717, 1.165) is 18.7 Å². The van der Waals surface area contributed by atoms with Gasteiger partial charge in [0.05, 0.1) is 5.41 Å². The first-order valence-electron chi connectivity index (χ1n) is 6.97. The van der Waals surface area contributed by atoms with E-state index in [2.05, 4.69) is 34.2 Å². The highest BCUT2D eigenvalue weighted by atomic mass is 35.5. The standard InChI is InChI=1S/C16H16Cl2N2/c17-13-11-14(18)20-15(19-13)16(9-5-2-6-10-16)12-7-3-1-4-8-12/h1,3-4,7-8,11H,2,5-6,9-10H2. The summed E-state index contributed by atoms with van der Waals surface area (Å²) in [6.07, 6.45) is 5.73. The molecule has 20 heavy (non-hydrogen) atoms. The van der Waals surface area contributed by atoms with Gasteiger partial charge in [-0.05, 0) is 18.4 Å². The zero-order valence-electron chi connectivity index (χ0n) is 11.1. The molecule has 0 unspecified atom stereocenters. The Morgan fingerprint density at radius 3 is 2.05 bits per heavy atom. The van der Waals surface area contributed by atoms with Crippen molar-refractivity contribution in [3.05, 3.63) is 58.1 Å². The minimum Gasteiger partial charge on any atom is -0.220 e. The molecule has 0 aliphatic heterocycles. The predicted octanol–water partition coefficient (Wildman–Crippen LogP) is 5.03. The van der Waals surface area contributed by atoms with Crippen LogP contribution in [0.25, 0.3) is 0 Å². The van der Waals surface area contributed by atoms with Crippen molar-refractivity contribution in [2.75, 3.05) is 0 Å². The first kappa shape index (κ1) is 13.8. The SMILES string of the molecule is Clc1cc(Cl)nc(C2(c3ccccc3)CCCCC2)n1. The molecule has 0 spiro atoms. The maximum Gasteiger partial charge on any atom is 0.142 e. The third kappa shape index (κ3) is 2.55. The van der Waals surface area contributed by atoms with Gasteiger partial charge in [-0.15, -0.1) is 0 Å². The fourth-order valence-corrected chi connectivity index (χ4v) is 3.58. The summed E-state index contributed by atoms with van der Waals surface area (Å²) < 4.78 is 0. The van der Waals surface area contributed by atoms with Crippen molar-refractivity contribution >= 4 is 23.2 Å². The molecule has 1 aromatic heterocycles. The Kier molecular flexibility index (Phi) is 3.95. The molecule has 104 valence electrons. The number of benzene rings is 1. The van der Waals surface area contributed by atoms with Crippen LogP contribution < -0.4 is 0 Å². The van der Waals surface area contributed by atoms with Crippen LogP contribution in [-0.4, -0.2) is 9.97 Å². The lowest BCUT2D eigenvalue weighted by atomic mass is 9.69. The van der Waals surface area contributed by atoms with E-state index in [-0.39, 0.29) is 5.41 Å². The van der Waals surface area contributed by atoms with Crippen molar-refractivity contribution in [3.8, 4) is 0 Å². The fourth-order valence-electron chi connectivity index (χ4n) is 3.16. The van der Waals surface area contributed by atoms with Gasteiger partial charge in [-0.3, -0.25) is 0 Å². The van der Waals surface area contributed by atoms with Crippen LogP contribution in [0.2, 0.25) is 10.3 Å². The second-order valence-corrected chi connectivity index (χ2v) is 6.12. The van der Waals surface area contributed by atoms with Crippen molar-refractivity contribution in [1.29, 1.82) is 0 Å². The van der Waals surface area contributed by atoms with E-state index in [4.69, 9.17) is 23.2 Å². The van der Waals surface area contributed by atoms with Gasteiger partial charge in [0.15, 0.2) is 0 Å². The van der Waals surface area contributed by atoms with Crippen LogP contribution in [0.1, 0.15) is 43.5 Å². The minimum atomic E-state index is -0.145. The smallest absolute Gasteiger partial charge is 0.142 e. The molecular weight excluding hydrogens is 291 g/mol. The Balaban J connectivity index is 2.15. The zero-order chi connectivity index (χ0) is 14.0. The summed E-state index contributed by atoms with van der Waals surface area (Å²) in [5.74, 6) is 0.765. The van der Waals surface area contributed by atoms with Crippen molar-refractivity contribution in [1.82, 2.24) is 9.97 Å². The van der Waals surface area contributed by atoms with Crippen molar-refractivity contribution in [2.24, 2.45) is 0 Å². The third-order valence-electron chi connectivity index (χ3n) is 4.13. The maximum atomic E-state index is 6.08. The first-order chi connectivity index (χ1) is 9.71. The minimum absolute atomic E-state index is 0.145. The van der Waals surface area contributed by atoms with Crippen LogP contribution in [0.5, 0.6) is 0 Å². The molecule has 1 fully saturated rings. The number of hydrogen-bond donors (Lipinski definition) is 0. The molecule has 1 aromatic carbocycles. The number of hydrogen-bond acceptors (Lipinski definition) is 2. The largest absolute Gasteiger partial charge is 0.220 e. The molecule has 1 aliphatic carbocycles. The second kappa shape index (κ2) is 5.71. The molecule has 1 aliphatic rings. The van der Waals surface area contributed by atoms with E-state index >= 15 is 0 Å². The molecule has 2 nitrogen and oxygen atoms in total. The molecule has 1 heterocycles. The van der Waals surface area contributed by atoms with E-state index in [1.165, 1.54) is 24.8 Å². The normalized spacial score (nSPS) is 17.9. The highest BCUT2D eigenvalue weighted by molar-refractivity contribution is 6.33. The number of rotatable bonds is 2. The van der Waals surface area contributed by atoms with Gasteiger partial charge in [0.25, 0.3) is 0 Å². The summed E-state index contributed by atoms with van der Waals surface area (Å²) in [4.78, 5) is 8.95. The fraction of sp³-hybridized carbons (Fsp3) is 0.375. The molecule has 0 amide bonds. The molecule has 1 saturated carbocycles. The predicted molar refractivity (Wildman–Crippen MR) is 82.4 cm³/mol. The van der Waals surface area contributed by atoms with Crippen molar-refractivity contribution in [2.45, 2.75) is 37.5 Å². The van der Waals surface area contributed by atoms with Crippen LogP contribution in [0.4, 0.5) is 0 Å². The van der Waals surface area contributed by atoms with Gasteiger partial charge in [0, 0.05) is 6.07 Å². The summed E-state index contributed by atoms with van der Waals surface area (Å²) >= 11 is 12.2. The molecule has 0 saturated heterocycles. The highest BCUT2D eigenvalue weighted by Gasteiger charge is 2.38. The van der Waals surface area contributed by atoms with Crippen molar-refractivity contribution < 1.29 is 0 Å². The van der Waals surface area contributed by atoms with E-state index in [9.17, 15) is 0 Å². The van der Waals surface area contributed by atoms with E-state index < -0.39 is 0 Å². The monoisotopic (exact) mass is 306 g/mol. The van der Waals surface area contributed by atoms with E-state index in [0.29, 0.717) is 10.3 Å². The van der Waals surface area contributed by atoms with Crippen LogP contribution in [-0.2, 0) is 5.41 Å². The highest BCUT2D eigenvalue weighted by Crippen LogP contribution is 2.43. The quantitative estimate of drug-likeness (QED) is 0.727. The van der Waals surface area contributed by atoms with Gasteiger partial charge in [-0.25, -0.2) is 9.97 Å². The van der Waals surface area contributed by atoms with Crippen molar-refractivity contribution in [3.63, 3.8) is 0 Å². The Morgan fingerprint density at radius 1 is 0.850 bits per heavy atom. The molecule has 4 heteroatoms. The van der Waals surface area contributed by atoms with Gasteiger partial charge in [-0.1, -0.05) is 72.8 Å². The second-order valence-electron chi connectivity index (χ2n) is 5.35. The Hall–Kier alpha value is -1.12. The molecule has 2 aromatic rings. The number of nitrogens with zero attached hydrogens (tertiary/aromatic N) is 2. The molecule has 0 radical (unpaired) electrons. The molecule has 0 bridgehead atoms. The molecular formula is C16H16Cl2N2. The lowest BCUT2D eigenvalue weighted by Crippen LogP contribution is -2.32.